The smallest absolute Gasteiger partial charge is 0.471 e. The summed E-state index contributed by atoms with van der Waals surface area (Å²) in [7, 11) is 1.95. The molecule has 5 nitrogen and oxygen atoms in total. The molecule has 2 aliphatic heterocycles. The number of piperidine rings is 1. The van der Waals surface area contributed by atoms with Crippen molar-refractivity contribution in [2.24, 2.45) is 0 Å². The summed E-state index contributed by atoms with van der Waals surface area (Å²) in [6.45, 7) is 2.00. The van der Waals surface area contributed by atoms with Gasteiger partial charge in [0.1, 0.15) is 13.2 Å². The van der Waals surface area contributed by atoms with E-state index in [0.29, 0.717) is 32.6 Å². The molecule has 1 saturated heterocycles. The summed E-state index contributed by atoms with van der Waals surface area (Å²) in [4.78, 5) is 14.3. The number of likely N-dealkylation sites (tertiary alicyclic amines) is 1. The number of amides is 1. The highest BCUT2D eigenvalue weighted by Gasteiger charge is 2.43. The quantitative estimate of drug-likeness (QED) is 0.832. The number of hydrogen-bond donors (Lipinski definition) is 0. The fourth-order valence-corrected chi connectivity index (χ4v) is 3.29. The van der Waals surface area contributed by atoms with Crippen molar-refractivity contribution in [2.75, 3.05) is 33.4 Å². The van der Waals surface area contributed by atoms with Gasteiger partial charge in [0, 0.05) is 25.7 Å². The normalized spacial score (nSPS) is 18.5. The lowest BCUT2D eigenvalue weighted by Crippen LogP contribution is -2.49. The Labute approximate surface area is 144 Å². The molecule has 2 heterocycles. The lowest BCUT2D eigenvalue weighted by atomic mass is 10.0. The largest absolute Gasteiger partial charge is 0.486 e. The van der Waals surface area contributed by atoms with E-state index in [1.807, 2.05) is 25.2 Å². The van der Waals surface area contributed by atoms with E-state index in [2.05, 4.69) is 4.90 Å². The molecule has 0 bridgehead atoms. The van der Waals surface area contributed by atoms with Crippen molar-refractivity contribution < 1.29 is 27.4 Å². The lowest BCUT2D eigenvalue weighted by molar-refractivity contribution is -0.186. The van der Waals surface area contributed by atoms with E-state index in [0.717, 1.165) is 22.0 Å². The molecule has 0 aliphatic carbocycles. The number of nitrogens with zero attached hydrogens (tertiary/aromatic N) is 2. The molecule has 0 atom stereocenters. The molecule has 138 valence electrons. The number of ether oxygens (including phenoxy) is 2. The minimum Gasteiger partial charge on any atom is -0.486 e. The first kappa shape index (κ1) is 17.8. The van der Waals surface area contributed by atoms with Crippen LogP contribution in [0.2, 0.25) is 0 Å². The Morgan fingerprint density at radius 3 is 2.48 bits per heavy atom. The molecule has 1 fully saturated rings. The number of fused-ring (bicyclic) bond motifs is 1. The van der Waals surface area contributed by atoms with Gasteiger partial charge in [-0.3, -0.25) is 9.69 Å². The van der Waals surface area contributed by atoms with Gasteiger partial charge in [-0.1, -0.05) is 6.07 Å². The van der Waals surface area contributed by atoms with Crippen LogP contribution in [0.4, 0.5) is 13.2 Å². The summed E-state index contributed by atoms with van der Waals surface area (Å²) in [6, 6.07) is 5.92. The van der Waals surface area contributed by atoms with Crippen molar-refractivity contribution in [3.63, 3.8) is 0 Å². The van der Waals surface area contributed by atoms with Gasteiger partial charge < -0.3 is 14.4 Å². The van der Waals surface area contributed by atoms with Crippen LogP contribution in [0.5, 0.6) is 11.5 Å². The fraction of sp³-hybridized carbons (Fsp3) is 0.588. The monoisotopic (exact) mass is 358 g/mol. The summed E-state index contributed by atoms with van der Waals surface area (Å²) >= 11 is 0. The second-order valence-corrected chi connectivity index (χ2v) is 6.41. The Kier molecular flexibility index (Phi) is 5.08. The van der Waals surface area contributed by atoms with E-state index in [9.17, 15) is 18.0 Å². The van der Waals surface area contributed by atoms with E-state index < -0.39 is 12.1 Å². The molecule has 0 N–H and O–H groups in total. The van der Waals surface area contributed by atoms with Gasteiger partial charge in [0.25, 0.3) is 0 Å². The van der Waals surface area contributed by atoms with Crippen LogP contribution in [0.3, 0.4) is 0 Å². The van der Waals surface area contributed by atoms with Gasteiger partial charge in [-0.15, -0.1) is 0 Å². The first-order chi connectivity index (χ1) is 11.8. The van der Waals surface area contributed by atoms with Crippen LogP contribution in [0.15, 0.2) is 18.2 Å². The third-order valence-electron chi connectivity index (χ3n) is 4.66. The first-order valence-electron chi connectivity index (χ1n) is 8.29. The first-order valence-corrected chi connectivity index (χ1v) is 8.29. The fourth-order valence-electron chi connectivity index (χ4n) is 3.29. The van der Waals surface area contributed by atoms with Crippen molar-refractivity contribution in [1.29, 1.82) is 0 Å². The average Bonchev–Trinajstić information content (AvgIpc) is 2.60. The minimum atomic E-state index is -4.79. The second-order valence-electron chi connectivity index (χ2n) is 6.41. The third-order valence-corrected chi connectivity index (χ3v) is 4.66. The number of rotatable bonds is 3. The topological polar surface area (TPSA) is 42.0 Å². The molecule has 0 unspecified atom stereocenters. The number of hydrogen-bond acceptors (Lipinski definition) is 4. The Bertz CT molecular complexity index is 628. The van der Waals surface area contributed by atoms with Crippen molar-refractivity contribution in [3.8, 4) is 11.5 Å². The van der Waals surface area contributed by atoms with Crippen LogP contribution >= 0.6 is 0 Å². The Balaban J connectivity index is 1.55. The zero-order valence-corrected chi connectivity index (χ0v) is 14.0. The van der Waals surface area contributed by atoms with Gasteiger partial charge in [-0.25, -0.2) is 0 Å². The standard InChI is InChI=1S/C17H21F3N2O3/c1-21(11-12-2-3-14-15(10-12)25-9-8-24-14)13-4-6-22(7-5-13)16(23)17(18,19)20/h2-3,10,13H,4-9,11H2,1H3. The molecule has 1 aromatic carbocycles. The van der Waals surface area contributed by atoms with Gasteiger partial charge in [0.05, 0.1) is 0 Å². The van der Waals surface area contributed by atoms with Gasteiger partial charge in [-0.05, 0) is 37.6 Å². The SMILES string of the molecule is CN(Cc1ccc2c(c1)OCCO2)C1CCN(C(=O)C(F)(F)F)CC1. The molecule has 0 aromatic heterocycles. The maximum Gasteiger partial charge on any atom is 0.471 e. The van der Waals surface area contributed by atoms with Gasteiger partial charge in [-0.2, -0.15) is 13.2 Å². The Hall–Kier alpha value is -1.96. The van der Waals surface area contributed by atoms with E-state index in [1.54, 1.807) is 0 Å². The molecular weight excluding hydrogens is 337 g/mol. The van der Waals surface area contributed by atoms with Crippen LogP contribution in [-0.2, 0) is 11.3 Å². The van der Waals surface area contributed by atoms with Gasteiger partial charge >= 0.3 is 12.1 Å². The average molecular weight is 358 g/mol. The number of carbonyl (C=O) groups excluding carboxylic acids is 1. The Morgan fingerprint density at radius 2 is 1.84 bits per heavy atom. The molecule has 3 rings (SSSR count). The van der Waals surface area contributed by atoms with Crippen molar-refractivity contribution in [1.82, 2.24) is 9.80 Å². The maximum absolute atomic E-state index is 12.5. The van der Waals surface area contributed by atoms with Gasteiger partial charge in [0.2, 0.25) is 0 Å². The summed E-state index contributed by atoms with van der Waals surface area (Å²) in [5.41, 5.74) is 1.06. The summed E-state index contributed by atoms with van der Waals surface area (Å²) in [5, 5.41) is 0. The number of benzene rings is 1. The van der Waals surface area contributed by atoms with Crippen molar-refractivity contribution in [3.05, 3.63) is 23.8 Å². The van der Waals surface area contributed by atoms with E-state index in [-0.39, 0.29) is 19.1 Å². The third kappa shape index (κ3) is 4.18. The van der Waals surface area contributed by atoms with Crippen molar-refractivity contribution >= 4 is 5.91 Å². The molecule has 0 spiro atoms. The minimum absolute atomic E-state index is 0.133. The summed E-state index contributed by atoms with van der Waals surface area (Å²) in [6.07, 6.45) is -3.73. The predicted octanol–water partition coefficient (Wildman–Crippen LogP) is 2.44. The lowest BCUT2D eigenvalue weighted by Gasteiger charge is -2.37. The number of halogens is 3. The van der Waals surface area contributed by atoms with E-state index in [1.165, 1.54) is 0 Å². The van der Waals surface area contributed by atoms with E-state index in [4.69, 9.17) is 9.47 Å². The zero-order chi connectivity index (χ0) is 18.0. The molecule has 0 radical (unpaired) electrons. The van der Waals surface area contributed by atoms with E-state index >= 15 is 0 Å². The van der Waals surface area contributed by atoms with Crippen LogP contribution in [0.25, 0.3) is 0 Å². The number of alkyl halides is 3. The van der Waals surface area contributed by atoms with Gasteiger partial charge in [0.15, 0.2) is 11.5 Å². The molecule has 8 heteroatoms. The molecule has 2 aliphatic rings. The number of carbonyl (C=O) groups is 1. The van der Waals surface area contributed by atoms with Crippen molar-refractivity contribution in [2.45, 2.75) is 31.6 Å². The molecule has 0 saturated carbocycles. The van der Waals surface area contributed by atoms with Crippen LogP contribution in [0.1, 0.15) is 18.4 Å². The zero-order valence-electron chi connectivity index (χ0n) is 14.0. The summed E-state index contributed by atoms with van der Waals surface area (Å²) < 4.78 is 48.5. The van der Waals surface area contributed by atoms with Crippen LogP contribution < -0.4 is 9.47 Å². The summed E-state index contributed by atoms with van der Waals surface area (Å²) in [5.74, 6) is -0.278. The molecule has 1 amide bonds. The van der Waals surface area contributed by atoms with Crippen LogP contribution in [0, 0.1) is 0 Å². The predicted molar refractivity (Wildman–Crippen MR) is 84.6 cm³/mol. The Morgan fingerprint density at radius 1 is 1.20 bits per heavy atom. The highest BCUT2D eigenvalue weighted by Crippen LogP contribution is 2.31. The highest BCUT2D eigenvalue weighted by molar-refractivity contribution is 5.81. The highest BCUT2D eigenvalue weighted by atomic mass is 19.4. The molecular formula is C17H21F3N2O3. The molecule has 1 aromatic rings. The van der Waals surface area contributed by atoms with Crippen LogP contribution in [-0.4, -0.2) is 61.3 Å². The maximum atomic E-state index is 12.5. The second kappa shape index (κ2) is 7.11. The molecule has 25 heavy (non-hydrogen) atoms.